The third-order valence-corrected chi connectivity index (χ3v) is 1.62. The van der Waals surface area contributed by atoms with Crippen LogP contribution in [0.5, 0.6) is 0 Å². The van der Waals surface area contributed by atoms with Gasteiger partial charge in [0.15, 0.2) is 6.17 Å². The van der Waals surface area contributed by atoms with E-state index >= 15 is 0 Å². The zero-order valence-electron chi connectivity index (χ0n) is 8.07. The molecule has 15 heavy (non-hydrogen) atoms. The lowest BCUT2D eigenvalue weighted by Gasteiger charge is -2.13. The summed E-state index contributed by atoms with van der Waals surface area (Å²) in [6.07, 6.45) is -2.50. The van der Waals surface area contributed by atoms with Crippen molar-refractivity contribution in [1.29, 1.82) is 0 Å². The van der Waals surface area contributed by atoms with Crippen LogP contribution in [0.2, 0.25) is 0 Å². The Morgan fingerprint density at radius 3 is 2.20 bits per heavy atom. The van der Waals surface area contributed by atoms with Crippen molar-refractivity contribution in [1.82, 2.24) is 5.32 Å². The Balaban J connectivity index is 4.22. The first-order valence-electron chi connectivity index (χ1n) is 4.23. The van der Waals surface area contributed by atoms with Gasteiger partial charge in [0.05, 0.1) is 0 Å². The number of carboxylic acids is 2. The molecular weight excluding hydrogens is 208 g/mol. The van der Waals surface area contributed by atoms with E-state index in [2.05, 4.69) is 0 Å². The maximum absolute atomic E-state index is 12.4. The van der Waals surface area contributed by atoms with Gasteiger partial charge in [-0.1, -0.05) is 0 Å². The highest BCUT2D eigenvalue weighted by Gasteiger charge is 2.23. The average molecular weight is 220 g/mol. The number of nitrogens with one attached hydrogen (secondary N) is 1. The van der Waals surface area contributed by atoms with Crippen LogP contribution >= 0.6 is 0 Å². The second-order valence-electron chi connectivity index (χ2n) is 2.95. The second kappa shape index (κ2) is 5.94. The molecule has 0 fully saturated rings. The number of carbonyl (C=O) groups is 3. The van der Waals surface area contributed by atoms with E-state index in [4.69, 9.17) is 10.2 Å². The van der Waals surface area contributed by atoms with E-state index in [1.165, 1.54) is 0 Å². The summed E-state index contributed by atoms with van der Waals surface area (Å²) < 4.78 is 12.4. The molecule has 2 atom stereocenters. The molecule has 0 rings (SSSR count). The van der Waals surface area contributed by atoms with Crippen molar-refractivity contribution in [3.05, 3.63) is 0 Å². The number of hydrogen-bond acceptors (Lipinski definition) is 3. The largest absolute Gasteiger partial charge is 0.481 e. The molecule has 6 nitrogen and oxygen atoms in total. The number of rotatable bonds is 6. The van der Waals surface area contributed by atoms with Crippen molar-refractivity contribution in [3.63, 3.8) is 0 Å². The molecule has 0 aliphatic rings. The van der Waals surface area contributed by atoms with Gasteiger partial charge in [-0.2, -0.15) is 0 Å². The molecular formula is C8H12FNO5. The van der Waals surface area contributed by atoms with Gasteiger partial charge in [0, 0.05) is 6.42 Å². The highest BCUT2D eigenvalue weighted by molar-refractivity contribution is 5.86. The molecule has 0 aromatic rings. The lowest BCUT2D eigenvalue weighted by molar-refractivity contribution is -0.143. The van der Waals surface area contributed by atoms with Gasteiger partial charge >= 0.3 is 11.9 Å². The molecule has 0 saturated carbocycles. The van der Waals surface area contributed by atoms with Crippen LogP contribution in [0.25, 0.3) is 0 Å². The highest BCUT2D eigenvalue weighted by Crippen LogP contribution is 1.99. The van der Waals surface area contributed by atoms with E-state index < -0.39 is 36.5 Å². The molecule has 0 saturated heterocycles. The molecule has 3 N–H and O–H groups in total. The minimum atomic E-state index is -1.82. The lowest BCUT2D eigenvalue weighted by Crippen LogP contribution is -2.43. The first-order valence-corrected chi connectivity index (χ1v) is 4.23. The predicted octanol–water partition coefficient (Wildman–Crippen LogP) is -0.221. The van der Waals surface area contributed by atoms with E-state index in [0.29, 0.717) is 0 Å². The standard InChI is InChI=1S/C8H12FNO5/c1-4(9)7(13)10-5(8(14)15)2-3-6(11)12/h4-5H,2-3H2,1H3,(H,10,13)(H,11,12)(H,14,15)/t4?,5-/m0/s1/i9-1. The van der Waals surface area contributed by atoms with E-state index in [1.807, 2.05) is 5.32 Å². The number of hydrogen-bond donors (Lipinski definition) is 3. The summed E-state index contributed by atoms with van der Waals surface area (Å²) in [7, 11) is 0. The third-order valence-electron chi connectivity index (χ3n) is 1.62. The molecule has 0 aromatic heterocycles. The predicted molar refractivity (Wildman–Crippen MR) is 47.0 cm³/mol. The van der Waals surface area contributed by atoms with Gasteiger partial charge in [-0.15, -0.1) is 0 Å². The molecule has 1 amide bonds. The Hall–Kier alpha value is -1.66. The molecule has 1 unspecified atom stereocenters. The quantitative estimate of drug-likeness (QED) is 0.574. The average Bonchev–Trinajstić information content (AvgIpc) is 2.10. The fourth-order valence-electron chi connectivity index (χ4n) is 0.812. The van der Waals surface area contributed by atoms with Crippen molar-refractivity contribution in [2.75, 3.05) is 0 Å². The Morgan fingerprint density at radius 1 is 1.33 bits per heavy atom. The number of carboxylic acid groups (broad SMARTS) is 2. The SMILES string of the molecule is CC([18F])C(=O)N[C@@H](CCC(=O)O)C(=O)O. The Labute approximate surface area is 85.1 Å². The van der Waals surface area contributed by atoms with Gasteiger partial charge < -0.3 is 15.5 Å². The van der Waals surface area contributed by atoms with Crippen LogP contribution in [0.4, 0.5) is 4.39 Å². The smallest absolute Gasteiger partial charge is 0.326 e. The summed E-state index contributed by atoms with van der Waals surface area (Å²) in [5.74, 6) is -3.62. The molecule has 0 aliphatic heterocycles. The molecule has 0 aromatic carbocycles. The van der Waals surface area contributed by atoms with Crippen LogP contribution in [0.3, 0.4) is 0 Å². The molecule has 0 bridgehead atoms. The highest BCUT2D eigenvalue weighted by atomic mass is 18.2. The number of halogens is 1. The van der Waals surface area contributed by atoms with Gasteiger partial charge in [0.2, 0.25) is 0 Å². The van der Waals surface area contributed by atoms with Gasteiger partial charge in [0.25, 0.3) is 5.91 Å². The lowest BCUT2D eigenvalue weighted by atomic mass is 10.1. The molecule has 0 aliphatic carbocycles. The van der Waals surface area contributed by atoms with Crippen molar-refractivity contribution in [2.45, 2.75) is 32.0 Å². The third kappa shape index (κ3) is 5.61. The van der Waals surface area contributed by atoms with Crippen LogP contribution in [0.1, 0.15) is 19.8 Å². The fraction of sp³-hybridized carbons (Fsp3) is 0.625. The van der Waals surface area contributed by atoms with E-state index in [1.54, 1.807) is 0 Å². The minimum absolute atomic E-state index is 0.275. The van der Waals surface area contributed by atoms with E-state index in [9.17, 15) is 18.8 Å². The van der Waals surface area contributed by atoms with Gasteiger partial charge in [-0.25, -0.2) is 9.18 Å². The van der Waals surface area contributed by atoms with E-state index in [-0.39, 0.29) is 6.42 Å². The molecule has 7 heteroatoms. The molecule has 86 valence electrons. The summed E-state index contributed by atoms with van der Waals surface area (Å²) in [5.41, 5.74) is 0. The summed E-state index contributed by atoms with van der Waals surface area (Å²) >= 11 is 0. The Kier molecular flexibility index (Phi) is 5.29. The van der Waals surface area contributed by atoms with Crippen molar-refractivity contribution in [2.24, 2.45) is 0 Å². The maximum Gasteiger partial charge on any atom is 0.326 e. The van der Waals surface area contributed by atoms with E-state index in [0.717, 1.165) is 6.92 Å². The zero-order chi connectivity index (χ0) is 12.0. The van der Waals surface area contributed by atoms with Crippen molar-refractivity contribution in [3.8, 4) is 0 Å². The topological polar surface area (TPSA) is 104 Å². The molecule has 0 spiro atoms. The van der Waals surface area contributed by atoms with Crippen LogP contribution in [0, 0.1) is 0 Å². The van der Waals surface area contributed by atoms with Gasteiger partial charge in [-0.05, 0) is 13.3 Å². The van der Waals surface area contributed by atoms with Gasteiger partial charge in [-0.3, -0.25) is 9.59 Å². The fourth-order valence-corrected chi connectivity index (χ4v) is 0.812. The van der Waals surface area contributed by atoms with Crippen LogP contribution in [-0.2, 0) is 14.4 Å². The van der Waals surface area contributed by atoms with Crippen LogP contribution < -0.4 is 5.32 Å². The normalized spacial score (nSPS) is 14.0. The number of carbonyl (C=O) groups excluding carboxylic acids is 1. The first kappa shape index (κ1) is 13.3. The number of alkyl halides is 1. The number of amides is 1. The summed E-state index contributed by atoms with van der Waals surface area (Å²) in [6, 6.07) is -1.37. The monoisotopic (exact) mass is 220 g/mol. The van der Waals surface area contributed by atoms with Gasteiger partial charge in [0.1, 0.15) is 6.04 Å². The second-order valence-corrected chi connectivity index (χ2v) is 2.95. The molecule has 0 heterocycles. The first-order chi connectivity index (χ1) is 6.84. The Bertz CT molecular complexity index is 266. The van der Waals surface area contributed by atoms with Crippen LogP contribution in [-0.4, -0.2) is 40.3 Å². The summed E-state index contributed by atoms with van der Waals surface area (Å²) in [4.78, 5) is 31.5. The summed E-state index contributed by atoms with van der Waals surface area (Å²) in [6.45, 7) is 0.964. The minimum Gasteiger partial charge on any atom is -0.481 e. The van der Waals surface area contributed by atoms with Crippen molar-refractivity contribution >= 4 is 17.8 Å². The summed E-state index contributed by atoms with van der Waals surface area (Å²) in [5, 5.41) is 18.8. The maximum atomic E-state index is 12.4. The van der Waals surface area contributed by atoms with Crippen LogP contribution in [0.15, 0.2) is 0 Å². The molecule has 0 radical (unpaired) electrons. The number of aliphatic carboxylic acids is 2. The van der Waals surface area contributed by atoms with Crippen molar-refractivity contribution < 1.29 is 29.0 Å². The zero-order valence-corrected chi connectivity index (χ0v) is 8.07. The Morgan fingerprint density at radius 2 is 1.87 bits per heavy atom.